The number of carboxylic acid groups (broad SMARTS) is 1. The van der Waals surface area contributed by atoms with Crippen molar-refractivity contribution in [3.8, 4) is 0 Å². The molecule has 0 bridgehead atoms. The van der Waals surface area contributed by atoms with E-state index in [1.165, 1.54) is 77.0 Å². The normalized spacial score (nSPS) is 13.4. The number of likely N-dealkylation sites (N-methyl/N-ethyl adjacent to an activating group) is 1. The maximum Gasteiger partial charge on any atom is 0.362 e. The fraction of sp³-hybridized carbons (Fsp3) is 0.786. The van der Waals surface area contributed by atoms with E-state index in [0.29, 0.717) is 19.3 Å². The van der Waals surface area contributed by atoms with Crippen LogP contribution in [0.15, 0.2) is 36.5 Å². The predicted octanol–water partition coefficient (Wildman–Crippen LogP) is 10.3. The highest BCUT2D eigenvalue weighted by Gasteiger charge is 2.31. The average molecular weight is 707 g/mol. The van der Waals surface area contributed by atoms with Crippen molar-refractivity contribution in [2.45, 2.75) is 174 Å². The zero-order valence-electron chi connectivity index (χ0n) is 32.8. The standard InChI is InChI=1S/C42H75NO7/c1-6-8-10-12-14-16-18-19-20-21-23-25-27-29-31-33-41(45)50-38(36-48-35-34-39(42(46)47)43(3,4)5)37-49-40(44)32-30-28-26-24-22-17-15-13-11-9-7-2/h13,15-18,22,38-39H,6-12,14,19-21,23-37H2,1-5H3/p+1/b15-13+,18-16+,22-17+. The number of carbonyl (C=O) groups is 3. The molecule has 2 atom stereocenters. The van der Waals surface area contributed by atoms with E-state index in [9.17, 15) is 19.5 Å². The molecular weight excluding hydrogens is 630 g/mol. The molecule has 0 amide bonds. The molecule has 8 heteroatoms. The minimum atomic E-state index is -0.881. The van der Waals surface area contributed by atoms with E-state index in [1.54, 1.807) is 0 Å². The molecule has 0 heterocycles. The van der Waals surface area contributed by atoms with Crippen LogP contribution >= 0.6 is 0 Å². The van der Waals surface area contributed by atoms with Crippen LogP contribution < -0.4 is 0 Å². The number of aliphatic carboxylic acids is 1. The summed E-state index contributed by atoms with van der Waals surface area (Å²) < 4.78 is 17.2. The van der Waals surface area contributed by atoms with Crippen LogP contribution in [0.25, 0.3) is 0 Å². The second-order valence-electron chi connectivity index (χ2n) is 14.6. The van der Waals surface area contributed by atoms with Gasteiger partial charge in [-0.3, -0.25) is 9.59 Å². The van der Waals surface area contributed by atoms with Crippen LogP contribution in [0.5, 0.6) is 0 Å². The molecule has 0 spiro atoms. The fourth-order valence-electron chi connectivity index (χ4n) is 5.59. The summed E-state index contributed by atoms with van der Waals surface area (Å²) in [7, 11) is 5.51. The molecule has 0 fully saturated rings. The number of allylic oxidation sites excluding steroid dienone is 6. The molecule has 0 rings (SSSR count). The van der Waals surface area contributed by atoms with Crippen LogP contribution in [0, 0.1) is 0 Å². The first kappa shape index (κ1) is 47.5. The Kier molecular flexibility index (Phi) is 32.0. The van der Waals surface area contributed by atoms with E-state index in [2.05, 4.69) is 50.3 Å². The zero-order valence-corrected chi connectivity index (χ0v) is 32.8. The first-order chi connectivity index (χ1) is 24.1. The van der Waals surface area contributed by atoms with Gasteiger partial charge in [0, 0.05) is 19.3 Å². The number of quaternary nitrogens is 1. The van der Waals surface area contributed by atoms with Gasteiger partial charge in [0.1, 0.15) is 6.61 Å². The Bertz CT molecular complexity index is 922. The molecule has 2 unspecified atom stereocenters. The lowest BCUT2D eigenvalue weighted by atomic mass is 10.1. The SMILES string of the molecule is CCCC/C=C/C=C/CCCCCC(=O)OCC(COCCC(C(=O)O)[N+](C)(C)C)OC(=O)CCCCCCCCC/C=C/CCCCCC. The molecular formula is C42H76NO7+. The van der Waals surface area contributed by atoms with Gasteiger partial charge >= 0.3 is 17.9 Å². The van der Waals surface area contributed by atoms with Gasteiger partial charge in [-0.1, -0.05) is 121 Å². The third-order valence-corrected chi connectivity index (χ3v) is 8.79. The summed E-state index contributed by atoms with van der Waals surface area (Å²) in [6.45, 7) is 4.62. The highest BCUT2D eigenvalue weighted by Crippen LogP contribution is 2.13. The van der Waals surface area contributed by atoms with Crippen molar-refractivity contribution in [2.24, 2.45) is 0 Å². The van der Waals surface area contributed by atoms with Crippen molar-refractivity contribution < 1.29 is 38.2 Å². The number of esters is 2. The highest BCUT2D eigenvalue weighted by atomic mass is 16.6. The lowest BCUT2D eigenvalue weighted by Crippen LogP contribution is -2.50. The molecule has 50 heavy (non-hydrogen) atoms. The molecule has 0 aromatic heterocycles. The minimum absolute atomic E-state index is 0.0514. The van der Waals surface area contributed by atoms with Crippen molar-refractivity contribution in [1.82, 2.24) is 0 Å². The van der Waals surface area contributed by atoms with Gasteiger partial charge < -0.3 is 23.8 Å². The summed E-state index contributed by atoms with van der Waals surface area (Å²) in [6.07, 6.45) is 36.1. The second kappa shape index (κ2) is 33.7. The molecule has 0 aliphatic carbocycles. The number of hydrogen-bond donors (Lipinski definition) is 1. The van der Waals surface area contributed by atoms with Crippen LogP contribution in [0.3, 0.4) is 0 Å². The molecule has 0 aromatic rings. The number of ether oxygens (including phenoxy) is 3. The van der Waals surface area contributed by atoms with Gasteiger partial charge in [-0.15, -0.1) is 0 Å². The van der Waals surface area contributed by atoms with E-state index in [1.807, 2.05) is 21.1 Å². The lowest BCUT2D eigenvalue weighted by Gasteiger charge is -2.31. The van der Waals surface area contributed by atoms with Gasteiger partial charge in [0.2, 0.25) is 0 Å². The number of unbranched alkanes of at least 4 members (excludes halogenated alkanes) is 16. The summed E-state index contributed by atoms with van der Waals surface area (Å²) in [5.74, 6) is -1.51. The summed E-state index contributed by atoms with van der Waals surface area (Å²) in [5.41, 5.74) is 0. The predicted molar refractivity (Wildman–Crippen MR) is 206 cm³/mol. The monoisotopic (exact) mass is 707 g/mol. The smallest absolute Gasteiger partial charge is 0.362 e. The van der Waals surface area contributed by atoms with Gasteiger partial charge in [-0.25, -0.2) is 4.79 Å². The van der Waals surface area contributed by atoms with Crippen LogP contribution in [-0.4, -0.2) is 80.6 Å². The number of nitrogens with zero attached hydrogens (tertiary/aromatic N) is 1. The molecule has 290 valence electrons. The fourth-order valence-corrected chi connectivity index (χ4v) is 5.59. The second-order valence-corrected chi connectivity index (χ2v) is 14.6. The first-order valence-corrected chi connectivity index (χ1v) is 20.0. The van der Waals surface area contributed by atoms with Gasteiger partial charge in [-0.05, 0) is 57.8 Å². The van der Waals surface area contributed by atoms with Gasteiger partial charge in [-0.2, -0.15) is 0 Å². The Morgan fingerprint density at radius 3 is 1.64 bits per heavy atom. The Morgan fingerprint density at radius 2 is 1.08 bits per heavy atom. The molecule has 0 saturated heterocycles. The number of rotatable bonds is 35. The third kappa shape index (κ3) is 31.5. The summed E-state index contributed by atoms with van der Waals surface area (Å²) >= 11 is 0. The van der Waals surface area contributed by atoms with E-state index >= 15 is 0 Å². The highest BCUT2D eigenvalue weighted by molar-refractivity contribution is 5.72. The topological polar surface area (TPSA) is 99.1 Å². The zero-order chi connectivity index (χ0) is 37.1. The Hall–Kier alpha value is -2.45. The van der Waals surface area contributed by atoms with E-state index in [4.69, 9.17) is 14.2 Å². The van der Waals surface area contributed by atoms with Crippen molar-refractivity contribution in [3.63, 3.8) is 0 Å². The summed E-state index contributed by atoms with van der Waals surface area (Å²) in [5, 5.41) is 9.58. The number of carboxylic acids is 1. The summed E-state index contributed by atoms with van der Waals surface area (Å²) in [4.78, 5) is 36.8. The Balaban J connectivity index is 4.43. The Labute approximate surface area is 306 Å². The minimum Gasteiger partial charge on any atom is -0.477 e. The quantitative estimate of drug-likeness (QED) is 0.0230. The van der Waals surface area contributed by atoms with E-state index < -0.39 is 18.1 Å². The lowest BCUT2D eigenvalue weighted by molar-refractivity contribution is -0.887. The van der Waals surface area contributed by atoms with Crippen LogP contribution in [0.2, 0.25) is 0 Å². The van der Waals surface area contributed by atoms with Gasteiger partial charge in [0.15, 0.2) is 12.1 Å². The van der Waals surface area contributed by atoms with Crippen LogP contribution in [0.1, 0.15) is 162 Å². The van der Waals surface area contributed by atoms with Crippen molar-refractivity contribution in [2.75, 3.05) is 41.0 Å². The van der Waals surface area contributed by atoms with Gasteiger partial charge in [0.05, 0.1) is 34.4 Å². The molecule has 0 aromatic carbocycles. The van der Waals surface area contributed by atoms with Crippen LogP contribution in [0.4, 0.5) is 0 Å². The van der Waals surface area contributed by atoms with E-state index in [-0.39, 0.29) is 36.2 Å². The third-order valence-electron chi connectivity index (χ3n) is 8.79. The molecule has 8 nitrogen and oxygen atoms in total. The maximum absolute atomic E-state index is 12.7. The van der Waals surface area contributed by atoms with Crippen molar-refractivity contribution >= 4 is 17.9 Å². The van der Waals surface area contributed by atoms with Gasteiger partial charge in [0.25, 0.3) is 0 Å². The molecule has 0 aliphatic rings. The number of hydrogen-bond acceptors (Lipinski definition) is 6. The van der Waals surface area contributed by atoms with Crippen molar-refractivity contribution in [3.05, 3.63) is 36.5 Å². The molecule has 0 aliphatic heterocycles. The first-order valence-electron chi connectivity index (χ1n) is 20.0. The molecule has 0 radical (unpaired) electrons. The molecule has 1 N–H and O–H groups in total. The average Bonchev–Trinajstić information content (AvgIpc) is 3.06. The largest absolute Gasteiger partial charge is 0.477 e. The number of carbonyl (C=O) groups excluding carboxylic acids is 2. The summed E-state index contributed by atoms with van der Waals surface area (Å²) in [6, 6.07) is -0.617. The van der Waals surface area contributed by atoms with E-state index in [0.717, 1.165) is 51.4 Å². The Morgan fingerprint density at radius 1 is 0.600 bits per heavy atom. The van der Waals surface area contributed by atoms with Crippen LogP contribution in [-0.2, 0) is 28.6 Å². The molecule has 0 saturated carbocycles. The van der Waals surface area contributed by atoms with Crippen molar-refractivity contribution in [1.29, 1.82) is 0 Å². The maximum atomic E-state index is 12.7.